The summed E-state index contributed by atoms with van der Waals surface area (Å²) in [6.45, 7) is 1.89. The Bertz CT molecular complexity index is 689. The number of carboxylic acids is 1. The molecule has 0 atom stereocenters. The summed E-state index contributed by atoms with van der Waals surface area (Å²) in [5, 5.41) is 11.8. The molecule has 0 aliphatic carbocycles. The summed E-state index contributed by atoms with van der Waals surface area (Å²) in [6.07, 6.45) is 0. The van der Waals surface area contributed by atoms with E-state index >= 15 is 0 Å². The Morgan fingerprint density at radius 1 is 1.35 bits per heavy atom. The molecule has 0 fully saturated rings. The Labute approximate surface area is 123 Å². The number of hydrogen-bond acceptors (Lipinski definition) is 3. The number of carbonyl (C=O) groups is 1. The molecule has 20 heavy (non-hydrogen) atoms. The molecule has 0 aliphatic heterocycles. The molecule has 0 aromatic heterocycles. The zero-order valence-corrected chi connectivity index (χ0v) is 12.2. The van der Waals surface area contributed by atoms with Gasteiger partial charge < -0.3 is 16.2 Å². The highest BCUT2D eigenvalue weighted by molar-refractivity contribution is 9.10. The maximum absolute atomic E-state index is 13.7. The molecule has 0 saturated carbocycles. The number of rotatable bonds is 3. The van der Waals surface area contributed by atoms with E-state index in [0.717, 1.165) is 27.9 Å². The largest absolute Gasteiger partial charge is 0.478 e. The van der Waals surface area contributed by atoms with E-state index in [2.05, 4.69) is 21.2 Å². The highest BCUT2D eigenvalue weighted by Gasteiger charge is 2.14. The summed E-state index contributed by atoms with van der Waals surface area (Å²) in [4.78, 5) is 10.8. The van der Waals surface area contributed by atoms with Crippen LogP contribution in [0.3, 0.4) is 0 Å². The predicted octanol–water partition coefficient (Wildman–Crippen LogP) is 3.92. The molecule has 0 bridgehead atoms. The molecular formula is C14H12BrFN2O2. The summed E-state index contributed by atoms with van der Waals surface area (Å²) >= 11 is 3.40. The first-order chi connectivity index (χ1) is 9.40. The van der Waals surface area contributed by atoms with Gasteiger partial charge in [-0.2, -0.15) is 0 Å². The van der Waals surface area contributed by atoms with Crippen LogP contribution in [0.15, 0.2) is 34.8 Å². The van der Waals surface area contributed by atoms with E-state index in [1.54, 1.807) is 0 Å². The molecule has 2 aromatic rings. The standard InChI is InChI=1S/C14H12BrFN2O2/c1-7-9(15)3-2-4-12(7)18-13-6-10(16)8(14(19)20)5-11(13)17/h2-6,18H,17H2,1H3,(H,19,20). The number of nitrogens with two attached hydrogens (primary N) is 1. The maximum Gasteiger partial charge on any atom is 0.338 e. The molecule has 0 spiro atoms. The minimum Gasteiger partial charge on any atom is -0.478 e. The van der Waals surface area contributed by atoms with Gasteiger partial charge in [-0.1, -0.05) is 22.0 Å². The normalized spacial score (nSPS) is 10.3. The van der Waals surface area contributed by atoms with Crippen LogP contribution in [0, 0.1) is 12.7 Å². The van der Waals surface area contributed by atoms with Gasteiger partial charge in [-0.05, 0) is 30.7 Å². The molecular weight excluding hydrogens is 327 g/mol. The summed E-state index contributed by atoms with van der Waals surface area (Å²) in [5.41, 5.74) is 7.51. The van der Waals surface area contributed by atoms with Crippen molar-refractivity contribution in [2.75, 3.05) is 11.1 Å². The van der Waals surface area contributed by atoms with Crippen LogP contribution in [-0.4, -0.2) is 11.1 Å². The van der Waals surface area contributed by atoms with Crippen molar-refractivity contribution in [1.29, 1.82) is 0 Å². The minimum atomic E-state index is -1.35. The molecule has 0 heterocycles. The van der Waals surface area contributed by atoms with Crippen LogP contribution < -0.4 is 11.1 Å². The smallest absolute Gasteiger partial charge is 0.338 e. The van der Waals surface area contributed by atoms with E-state index in [4.69, 9.17) is 10.8 Å². The van der Waals surface area contributed by atoms with Gasteiger partial charge in [0.05, 0.1) is 16.9 Å². The highest BCUT2D eigenvalue weighted by Crippen LogP contribution is 2.30. The van der Waals surface area contributed by atoms with Crippen molar-refractivity contribution in [3.63, 3.8) is 0 Å². The Morgan fingerprint density at radius 2 is 2.05 bits per heavy atom. The van der Waals surface area contributed by atoms with Crippen LogP contribution >= 0.6 is 15.9 Å². The number of hydrogen-bond donors (Lipinski definition) is 3. The maximum atomic E-state index is 13.7. The number of carboxylic acid groups (broad SMARTS) is 1. The average molecular weight is 339 g/mol. The first-order valence-electron chi connectivity index (χ1n) is 5.74. The van der Waals surface area contributed by atoms with Crippen molar-refractivity contribution < 1.29 is 14.3 Å². The van der Waals surface area contributed by atoms with Crippen molar-refractivity contribution in [1.82, 2.24) is 0 Å². The van der Waals surface area contributed by atoms with E-state index < -0.39 is 17.3 Å². The molecule has 104 valence electrons. The number of benzene rings is 2. The topological polar surface area (TPSA) is 75.3 Å². The van der Waals surface area contributed by atoms with Gasteiger partial charge >= 0.3 is 5.97 Å². The van der Waals surface area contributed by atoms with Crippen molar-refractivity contribution in [3.8, 4) is 0 Å². The van der Waals surface area contributed by atoms with Gasteiger partial charge in [0.25, 0.3) is 0 Å². The molecule has 0 amide bonds. The number of nitrogen functional groups attached to an aromatic ring is 1. The Morgan fingerprint density at radius 3 is 2.70 bits per heavy atom. The fraction of sp³-hybridized carbons (Fsp3) is 0.0714. The molecule has 0 aliphatic rings. The first-order valence-corrected chi connectivity index (χ1v) is 6.54. The third-order valence-electron chi connectivity index (χ3n) is 2.91. The molecule has 2 aromatic carbocycles. The van der Waals surface area contributed by atoms with Crippen LogP contribution in [-0.2, 0) is 0 Å². The lowest BCUT2D eigenvalue weighted by Crippen LogP contribution is -2.05. The second-order valence-electron chi connectivity index (χ2n) is 4.26. The number of anilines is 3. The monoisotopic (exact) mass is 338 g/mol. The quantitative estimate of drug-likeness (QED) is 0.741. The van der Waals surface area contributed by atoms with Crippen molar-refractivity contribution in [3.05, 3.63) is 51.7 Å². The molecule has 2 rings (SSSR count). The Kier molecular flexibility index (Phi) is 3.94. The second-order valence-corrected chi connectivity index (χ2v) is 5.12. The van der Waals surface area contributed by atoms with E-state index in [1.807, 2.05) is 25.1 Å². The van der Waals surface area contributed by atoms with Gasteiger partial charge in [0.15, 0.2) is 0 Å². The summed E-state index contributed by atoms with van der Waals surface area (Å²) in [7, 11) is 0. The third-order valence-corrected chi connectivity index (χ3v) is 3.77. The van der Waals surface area contributed by atoms with Gasteiger partial charge in [-0.15, -0.1) is 0 Å². The summed E-state index contributed by atoms with van der Waals surface area (Å²) in [6, 6.07) is 7.73. The molecule has 4 N–H and O–H groups in total. The lowest BCUT2D eigenvalue weighted by molar-refractivity contribution is 0.0692. The number of aromatic carboxylic acids is 1. The van der Waals surface area contributed by atoms with Gasteiger partial charge in [0, 0.05) is 16.2 Å². The van der Waals surface area contributed by atoms with Gasteiger partial charge in [0.2, 0.25) is 0 Å². The zero-order chi connectivity index (χ0) is 14.9. The number of halogens is 2. The lowest BCUT2D eigenvalue weighted by atomic mass is 10.1. The second kappa shape index (κ2) is 5.50. The fourth-order valence-corrected chi connectivity index (χ4v) is 2.12. The van der Waals surface area contributed by atoms with Crippen molar-refractivity contribution in [2.45, 2.75) is 6.92 Å². The molecule has 0 radical (unpaired) electrons. The average Bonchev–Trinajstić information content (AvgIpc) is 2.38. The molecule has 0 saturated heterocycles. The lowest BCUT2D eigenvalue weighted by Gasteiger charge is -2.13. The van der Waals surface area contributed by atoms with Crippen LogP contribution in [0.4, 0.5) is 21.5 Å². The highest BCUT2D eigenvalue weighted by atomic mass is 79.9. The summed E-state index contributed by atoms with van der Waals surface area (Å²) in [5.74, 6) is -2.18. The predicted molar refractivity (Wildman–Crippen MR) is 79.9 cm³/mol. The first kappa shape index (κ1) is 14.3. The zero-order valence-electron chi connectivity index (χ0n) is 10.6. The molecule has 0 unspecified atom stereocenters. The van der Waals surface area contributed by atoms with Crippen LogP contribution in [0.25, 0.3) is 0 Å². The van der Waals surface area contributed by atoms with Gasteiger partial charge in [-0.25, -0.2) is 9.18 Å². The van der Waals surface area contributed by atoms with Crippen LogP contribution in [0.1, 0.15) is 15.9 Å². The van der Waals surface area contributed by atoms with Crippen molar-refractivity contribution >= 4 is 39.0 Å². The van der Waals surface area contributed by atoms with Crippen LogP contribution in [0.5, 0.6) is 0 Å². The fourth-order valence-electron chi connectivity index (χ4n) is 1.75. The third kappa shape index (κ3) is 2.75. The number of nitrogens with one attached hydrogen (secondary N) is 1. The van der Waals surface area contributed by atoms with Crippen LogP contribution in [0.2, 0.25) is 0 Å². The van der Waals surface area contributed by atoms with Crippen molar-refractivity contribution in [2.24, 2.45) is 0 Å². The van der Waals surface area contributed by atoms with E-state index in [-0.39, 0.29) is 5.69 Å². The molecule has 4 nitrogen and oxygen atoms in total. The Hall–Kier alpha value is -2.08. The minimum absolute atomic E-state index is 0.170. The van der Waals surface area contributed by atoms with E-state index in [9.17, 15) is 9.18 Å². The Balaban J connectivity index is 2.42. The SMILES string of the molecule is Cc1c(Br)cccc1Nc1cc(F)c(C(=O)O)cc1N. The van der Waals surface area contributed by atoms with E-state index in [1.165, 1.54) is 0 Å². The van der Waals surface area contributed by atoms with Gasteiger partial charge in [0.1, 0.15) is 5.82 Å². The molecule has 6 heteroatoms. The summed E-state index contributed by atoms with van der Waals surface area (Å²) < 4.78 is 14.6. The van der Waals surface area contributed by atoms with E-state index in [0.29, 0.717) is 5.69 Å². The van der Waals surface area contributed by atoms with Gasteiger partial charge in [-0.3, -0.25) is 0 Å².